The number of nitrogen functional groups attached to an aromatic ring is 1. The van der Waals surface area contributed by atoms with E-state index in [1.807, 2.05) is 25.1 Å². The maximum Gasteiger partial charge on any atom is 0.241 e. The van der Waals surface area contributed by atoms with Gasteiger partial charge in [-0.1, -0.05) is 6.07 Å². The first-order chi connectivity index (χ1) is 9.65. The number of aryl methyl sites for hydroxylation is 2. The highest BCUT2D eigenvalue weighted by Gasteiger charge is 2.06. The Bertz CT molecular complexity index is 564. The molecule has 2 heterocycles. The van der Waals surface area contributed by atoms with Crippen LogP contribution in [0.4, 0.5) is 5.82 Å². The highest BCUT2D eigenvalue weighted by molar-refractivity contribution is 5.76. The van der Waals surface area contributed by atoms with E-state index in [9.17, 15) is 4.79 Å². The minimum Gasteiger partial charge on any atom is -0.384 e. The number of aromatic nitrogens is 3. The lowest BCUT2D eigenvalue weighted by Crippen LogP contribution is -2.29. The molecular formula is C14H19N5O. The van der Waals surface area contributed by atoms with Crippen molar-refractivity contribution in [2.24, 2.45) is 0 Å². The third-order valence-corrected chi connectivity index (χ3v) is 2.88. The summed E-state index contributed by atoms with van der Waals surface area (Å²) in [5, 5.41) is 7.00. The van der Waals surface area contributed by atoms with Gasteiger partial charge in [0.1, 0.15) is 12.4 Å². The van der Waals surface area contributed by atoms with Gasteiger partial charge in [-0.2, -0.15) is 5.10 Å². The predicted molar refractivity (Wildman–Crippen MR) is 76.9 cm³/mol. The average Bonchev–Trinajstić information content (AvgIpc) is 2.74. The standard InChI is InChI=1S/C14H19N5O/c1-11-9-13(15)19(18-11)10-14(20)17-8-4-6-12-5-2-3-7-16-12/h2-3,5,7,9H,4,6,8,10,15H2,1H3,(H,17,20). The van der Waals surface area contributed by atoms with Crippen molar-refractivity contribution in [2.75, 3.05) is 12.3 Å². The number of amides is 1. The van der Waals surface area contributed by atoms with Gasteiger partial charge in [0.25, 0.3) is 0 Å². The molecule has 0 aliphatic carbocycles. The number of nitrogens with zero attached hydrogens (tertiary/aromatic N) is 3. The Kier molecular flexibility index (Phi) is 4.70. The van der Waals surface area contributed by atoms with Gasteiger partial charge in [-0.05, 0) is 31.9 Å². The summed E-state index contributed by atoms with van der Waals surface area (Å²) < 4.78 is 1.50. The van der Waals surface area contributed by atoms with Crippen LogP contribution in [0.25, 0.3) is 0 Å². The molecule has 6 heteroatoms. The normalized spacial score (nSPS) is 10.4. The van der Waals surface area contributed by atoms with E-state index in [0.717, 1.165) is 24.2 Å². The molecule has 106 valence electrons. The SMILES string of the molecule is Cc1cc(N)n(CC(=O)NCCCc2ccccn2)n1. The lowest BCUT2D eigenvalue weighted by Gasteiger charge is -2.06. The smallest absolute Gasteiger partial charge is 0.241 e. The summed E-state index contributed by atoms with van der Waals surface area (Å²) in [6.45, 7) is 2.62. The lowest BCUT2D eigenvalue weighted by molar-refractivity contribution is -0.121. The number of nitrogens with two attached hydrogens (primary N) is 1. The molecule has 3 N–H and O–H groups in total. The molecule has 1 amide bonds. The molecule has 2 aromatic heterocycles. The van der Waals surface area contributed by atoms with Crippen LogP contribution in [0.5, 0.6) is 0 Å². The van der Waals surface area contributed by atoms with E-state index in [0.29, 0.717) is 12.4 Å². The molecule has 0 saturated carbocycles. The van der Waals surface area contributed by atoms with Crippen molar-refractivity contribution >= 4 is 11.7 Å². The predicted octanol–water partition coefficient (Wildman–Crippen LogP) is 0.918. The molecule has 2 aromatic rings. The fourth-order valence-corrected chi connectivity index (χ4v) is 1.93. The van der Waals surface area contributed by atoms with Crippen LogP contribution >= 0.6 is 0 Å². The van der Waals surface area contributed by atoms with Gasteiger partial charge in [-0.3, -0.25) is 9.78 Å². The molecule has 0 bridgehead atoms. The van der Waals surface area contributed by atoms with Crippen molar-refractivity contribution in [1.82, 2.24) is 20.1 Å². The first-order valence-corrected chi connectivity index (χ1v) is 6.61. The second kappa shape index (κ2) is 6.70. The zero-order valence-corrected chi connectivity index (χ0v) is 11.5. The topological polar surface area (TPSA) is 85.8 Å². The number of carbonyl (C=O) groups is 1. The third kappa shape index (κ3) is 4.08. The summed E-state index contributed by atoms with van der Waals surface area (Å²) in [7, 11) is 0. The maximum absolute atomic E-state index is 11.7. The van der Waals surface area contributed by atoms with Gasteiger partial charge in [-0.25, -0.2) is 4.68 Å². The van der Waals surface area contributed by atoms with E-state index in [-0.39, 0.29) is 12.5 Å². The molecule has 0 saturated heterocycles. The maximum atomic E-state index is 11.7. The molecule has 0 fully saturated rings. The monoisotopic (exact) mass is 273 g/mol. The van der Waals surface area contributed by atoms with Crippen LogP contribution < -0.4 is 11.1 Å². The molecule has 2 rings (SSSR count). The van der Waals surface area contributed by atoms with Crippen LogP contribution in [0, 0.1) is 6.92 Å². The second-order valence-corrected chi connectivity index (χ2v) is 4.64. The summed E-state index contributed by atoms with van der Waals surface area (Å²) in [5.74, 6) is 0.423. The summed E-state index contributed by atoms with van der Waals surface area (Å²) >= 11 is 0. The van der Waals surface area contributed by atoms with E-state index in [4.69, 9.17) is 5.73 Å². The van der Waals surface area contributed by atoms with E-state index in [1.165, 1.54) is 4.68 Å². The number of carbonyl (C=O) groups excluding carboxylic acids is 1. The van der Waals surface area contributed by atoms with E-state index >= 15 is 0 Å². The van der Waals surface area contributed by atoms with Gasteiger partial charge in [0, 0.05) is 24.5 Å². The third-order valence-electron chi connectivity index (χ3n) is 2.88. The Labute approximate surface area is 118 Å². The highest BCUT2D eigenvalue weighted by atomic mass is 16.2. The number of hydrogen-bond acceptors (Lipinski definition) is 4. The Hall–Kier alpha value is -2.37. The van der Waals surface area contributed by atoms with Crippen LogP contribution in [0.1, 0.15) is 17.8 Å². The van der Waals surface area contributed by atoms with E-state index < -0.39 is 0 Å². The van der Waals surface area contributed by atoms with Crippen molar-refractivity contribution < 1.29 is 4.79 Å². The van der Waals surface area contributed by atoms with E-state index in [1.54, 1.807) is 12.3 Å². The van der Waals surface area contributed by atoms with Crippen molar-refractivity contribution in [3.63, 3.8) is 0 Å². The Balaban J connectivity index is 1.69. The molecule has 0 radical (unpaired) electrons. The zero-order chi connectivity index (χ0) is 14.4. The van der Waals surface area contributed by atoms with Gasteiger partial charge in [0.2, 0.25) is 5.91 Å². The average molecular weight is 273 g/mol. The Morgan fingerprint density at radius 3 is 2.95 bits per heavy atom. The van der Waals surface area contributed by atoms with Crippen molar-refractivity contribution in [1.29, 1.82) is 0 Å². The Morgan fingerprint density at radius 1 is 1.45 bits per heavy atom. The van der Waals surface area contributed by atoms with Gasteiger partial charge >= 0.3 is 0 Å². The van der Waals surface area contributed by atoms with Crippen LogP contribution in [0.3, 0.4) is 0 Å². The fourth-order valence-electron chi connectivity index (χ4n) is 1.93. The molecule has 6 nitrogen and oxygen atoms in total. The Morgan fingerprint density at radius 2 is 2.30 bits per heavy atom. The van der Waals surface area contributed by atoms with Crippen LogP contribution in [0.15, 0.2) is 30.5 Å². The molecule has 0 aliphatic rings. The van der Waals surface area contributed by atoms with Crippen LogP contribution in [-0.2, 0) is 17.8 Å². The summed E-state index contributed by atoms with van der Waals surface area (Å²) in [5.41, 5.74) is 7.58. The number of nitrogens with one attached hydrogen (secondary N) is 1. The minimum absolute atomic E-state index is 0.0826. The highest BCUT2D eigenvalue weighted by Crippen LogP contribution is 2.04. The second-order valence-electron chi connectivity index (χ2n) is 4.64. The van der Waals surface area contributed by atoms with E-state index in [2.05, 4.69) is 15.4 Å². The summed E-state index contributed by atoms with van der Waals surface area (Å²) in [4.78, 5) is 16.0. The summed E-state index contributed by atoms with van der Waals surface area (Å²) in [6, 6.07) is 7.58. The molecule has 0 spiro atoms. The fraction of sp³-hybridized carbons (Fsp3) is 0.357. The summed E-state index contributed by atoms with van der Waals surface area (Å²) in [6.07, 6.45) is 3.48. The molecule has 0 unspecified atom stereocenters. The first-order valence-electron chi connectivity index (χ1n) is 6.61. The van der Waals surface area contributed by atoms with Crippen molar-refractivity contribution in [3.8, 4) is 0 Å². The van der Waals surface area contributed by atoms with Gasteiger partial charge in [-0.15, -0.1) is 0 Å². The first kappa shape index (κ1) is 14.0. The number of pyridine rings is 1. The quantitative estimate of drug-likeness (QED) is 0.766. The van der Waals surface area contributed by atoms with Crippen molar-refractivity contribution in [2.45, 2.75) is 26.3 Å². The molecule has 0 atom stereocenters. The van der Waals surface area contributed by atoms with Gasteiger partial charge in [0.15, 0.2) is 0 Å². The van der Waals surface area contributed by atoms with Gasteiger partial charge in [0.05, 0.1) is 5.69 Å². The lowest BCUT2D eigenvalue weighted by atomic mass is 10.2. The van der Waals surface area contributed by atoms with Crippen molar-refractivity contribution in [3.05, 3.63) is 41.9 Å². The largest absolute Gasteiger partial charge is 0.384 e. The molecular weight excluding hydrogens is 254 g/mol. The zero-order valence-electron chi connectivity index (χ0n) is 11.5. The van der Waals surface area contributed by atoms with Crippen LogP contribution in [-0.4, -0.2) is 27.2 Å². The number of anilines is 1. The molecule has 20 heavy (non-hydrogen) atoms. The number of hydrogen-bond donors (Lipinski definition) is 2. The molecule has 0 aliphatic heterocycles. The number of rotatable bonds is 6. The van der Waals surface area contributed by atoms with Crippen LogP contribution in [0.2, 0.25) is 0 Å². The minimum atomic E-state index is -0.0826. The van der Waals surface area contributed by atoms with Gasteiger partial charge < -0.3 is 11.1 Å². The molecule has 0 aromatic carbocycles.